The fraction of sp³-hybridized carbons (Fsp3) is 0.818. The number of carboxylic acid groups (broad SMARTS) is 1. The predicted octanol–water partition coefficient (Wildman–Crippen LogP) is -0.268. The molecule has 1 unspecified atom stereocenters. The molecule has 0 saturated heterocycles. The average molecular weight is 292 g/mol. The van der Waals surface area contributed by atoms with Crippen LogP contribution in [0.3, 0.4) is 0 Å². The molecule has 0 aliphatic heterocycles. The molecule has 0 bridgehead atoms. The number of nitrogens with zero attached hydrogens (tertiary/aromatic N) is 2. The van der Waals surface area contributed by atoms with Crippen molar-refractivity contribution in [3.63, 3.8) is 0 Å². The van der Waals surface area contributed by atoms with E-state index in [4.69, 9.17) is 5.11 Å². The number of rotatable bonds is 7. The number of carboxylic acids is 1. The maximum Gasteiger partial charge on any atom is 0.326 e. The Balaban J connectivity index is 2.76. The Labute approximate surface area is 113 Å². The Hall–Kier alpha value is -1.15. The summed E-state index contributed by atoms with van der Waals surface area (Å²) in [6, 6.07) is -1.01. The second-order valence-electron chi connectivity index (χ2n) is 4.70. The van der Waals surface area contributed by atoms with E-state index in [1.807, 2.05) is 0 Å². The van der Waals surface area contributed by atoms with Crippen LogP contribution in [-0.4, -0.2) is 66.0 Å². The van der Waals surface area contributed by atoms with Crippen LogP contribution < -0.4 is 0 Å². The van der Waals surface area contributed by atoms with E-state index in [1.54, 1.807) is 0 Å². The summed E-state index contributed by atoms with van der Waals surface area (Å²) in [5.74, 6) is -1.63. The molecule has 1 aliphatic rings. The maximum atomic E-state index is 12.1. The minimum atomic E-state index is -3.44. The molecule has 0 spiro atoms. The maximum absolute atomic E-state index is 12.1. The first-order chi connectivity index (χ1) is 8.70. The van der Waals surface area contributed by atoms with Gasteiger partial charge >= 0.3 is 5.97 Å². The van der Waals surface area contributed by atoms with E-state index in [9.17, 15) is 18.0 Å². The third-order valence-corrected chi connectivity index (χ3v) is 5.01. The van der Waals surface area contributed by atoms with E-state index >= 15 is 0 Å². The quantitative estimate of drug-likeness (QED) is 0.697. The molecule has 1 N–H and O–H groups in total. The van der Waals surface area contributed by atoms with Gasteiger partial charge in [0.1, 0.15) is 6.04 Å². The molecule has 1 aliphatic carbocycles. The van der Waals surface area contributed by atoms with E-state index in [-0.39, 0.29) is 18.3 Å². The molecule has 0 radical (unpaired) electrons. The van der Waals surface area contributed by atoms with Gasteiger partial charge in [0.15, 0.2) is 0 Å². The number of hydrogen-bond acceptors (Lipinski definition) is 4. The molecular formula is C11H20N2O5S. The normalized spacial score (nSPS) is 17.3. The van der Waals surface area contributed by atoms with Crippen molar-refractivity contribution >= 4 is 21.9 Å². The van der Waals surface area contributed by atoms with Gasteiger partial charge in [-0.25, -0.2) is 13.2 Å². The van der Waals surface area contributed by atoms with Crippen LogP contribution in [0.1, 0.15) is 26.7 Å². The lowest BCUT2D eigenvalue weighted by Gasteiger charge is -2.28. The van der Waals surface area contributed by atoms with Gasteiger partial charge in [-0.1, -0.05) is 0 Å². The number of amides is 1. The minimum Gasteiger partial charge on any atom is -0.480 e. The Kier molecular flexibility index (Phi) is 4.92. The SMILES string of the molecule is CCS(=O)(=O)N(C)CC(=O)N(C1CC1)C(C)C(=O)O. The standard InChI is InChI=1S/C11H20N2O5S/c1-4-19(17,18)12(3)7-10(14)13(9-5-6-9)8(2)11(15)16/h8-9H,4-7H2,1-3H3,(H,15,16). The Bertz CT molecular complexity index is 458. The molecule has 1 saturated carbocycles. The molecule has 1 atom stereocenters. The second kappa shape index (κ2) is 5.87. The van der Waals surface area contributed by atoms with Crippen molar-refractivity contribution in [3.8, 4) is 0 Å². The summed E-state index contributed by atoms with van der Waals surface area (Å²) < 4.78 is 24.1. The van der Waals surface area contributed by atoms with Crippen molar-refractivity contribution in [2.24, 2.45) is 0 Å². The Morgan fingerprint density at radius 1 is 1.37 bits per heavy atom. The van der Waals surface area contributed by atoms with Crippen molar-refractivity contribution in [2.75, 3.05) is 19.3 Å². The number of sulfonamides is 1. The van der Waals surface area contributed by atoms with Crippen LogP contribution >= 0.6 is 0 Å². The number of carbonyl (C=O) groups excluding carboxylic acids is 1. The number of aliphatic carboxylic acids is 1. The van der Waals surface area contributed by atoms with Crippen LogP contribution in [0.5, 0.6) is 0 Å². The molecule has 1 amide bonds. The molecule has 0 heterocycles. The van der Waals surface area contributed by atoms with Gasteiger partial charge in [0.05, 0.1) is 12.3 Å². The largest absolute Gasteiger partial charge is 0.480 e. The van der Waals surface area contributed by atoms with Crippen molar-refractivity contribution in [1.29, 1.82) is 0 Å². The molecule has 0 aromatic heterocycles. The summed E-state index contributed by atoms with van der Waals surface area (Å²) in [6.45, 7) is 2.62. The molecule has 19 heavy (non-hydrogen) atoms. The van der Waals surface area contributed by atoms with Gasteiger partial charge in [0.25, 0.3) is 0 Å². The fourth-order valence-corrected chi connectivity index (χ4v) is 2.55. The van der Waals surface area contributed by atoms with Gasteiger partial charge in [-0.3, -0.25) is 4.79 Å². The topological polar surface area (TPSA) is 95.0 Å². The van der Waals surface area contributed by atoms with E-state index in [0.717, 1.165) is 17.1 Å². The van der Waals surface area contributed by atoms with Gasteiger partial charge in [-0.15, -0.1) is 0 Å². The summed E-state index contributed by atoms with van der Waals surface area (Å²) >= 11 is 0. The lowest BCUT2D eigenvalue weighted by molar-refractivity contribution is -0.150. The van der Waals surface area contributed by atoms with Gasteiger partial charge in [-0.05, 0) is 26.7 Å². The molecule has 8 heteroatoms. The van der Waals surface area contributed by atoms with Crippen molar-refractivity contribution < 1.29 is 23.1 Å². The van der Waals surface area contributed by atoms with Gasteiger partial charge < -0.3 is 10.0 Å². The number of likely N-dealkylation sites (N-methyl/N-ethyl adjacent to an activating group) is 1. The van der Waals surface area contributed by atoms with Crippen molar-refractivity contribution in [1.82, 2.24) is 9.21 Å². The highest BCUT2D eigenvalue weighted by Crippen LogP contribution is 2.29. The zero-order valence-electron chi connectivity index (χ0n) is 11.4. The second-order valence-corrected chi connectivity index (χ2v) is 7.07. The van der Waals surface area contributed by atoms with E-state index in [2.05, 4.69) is 0 Å². The van der Waals surface area contributed by atoms with E-state index in [0.29, 0.717) is 0 Å². The third-order valence-electron chi connectivity index (χ3n) is 3.20. The van der Waals surface area contributed by atoms with Crippen LogP contribution in [0.25, 0.3) is 0 Å². The first-order valence-corrected chi connectivity index (χ1v) is 7.79. The van der Waals surface area contributed by atoms with Gasteiger partial charge in [-0.2, -0.15) is 4.31 Å². The summed E-state index contributed by atoms with van der Waals surface area (Å²) in [7, 11) is -2.11. The average Bonchev–Trinajstić information content (AvgIpc) is 3.13. The van der Waals surface area contributed by atoms with Gasteiger partial charge in [0.2, 0.25) is 15.9 Å². The van der Waals surface area contributed by atoms with Crippen molar-refractivity contribution in [2.45, 2.75) is 38.8 Å². The lowest BCUT2D eigenvalue weighted by atomic mass is 10.2. The zero-order chi connectivity index (χ0) is 14.8. The molecule has 1 fully saturated rings. The molecule has 1 rings (SSSR count). The summed E-state index contributed by atoms with van der Waals surface area (Å²) in [4.78, 5) is 24.4. The predicted molar refractivity (Wildman–Crippen MR) is 69.1 cm³/mol. The number of hydrogen-bond donors (Lipinski definition) is 1. The minimum absolute atomic E-state index is 0.0728. The molecule has 110 valence electrons. The first-order valence-electron chi connectivity index (χ1n) is 6.18. The highest BCUT2D eigenvalue weighted by Gasteiger charge is 2.39. The third kappa shape index (κ3) is 3.90. The van der Waals surface area contributed by atoms with Crippen LogP contribution in [0.2, 0.25) is 0 Å². The molecule has 0 aromatic carbocycles. The van der Waals surface area contributed by atoms with E-state index < -0.39 is 27.9 Å². The summed E-state index contributed by atoms with van der Waals surface area (Å²) in [6.07, 6.45) is 1.54. The van der Waals surface area contributed by atoms with Crippen LogP contribution in [0, 0.1) is 0 Å². The van der Waals surface area contributed by atoms with Crippen LogP contribution in [-0.2, 0) is 19.6 Å². The summed E-state index contributed by atoms with van der Waals surface area (Å²) in [5.41, 5.74) is 0. The highest BCUT2D eigenvalue weighted by molar-refractivity contribution is 7.89. The molecular weight excluding hydrogens is 272 g/mol. The highest BCUT2D eigenvalue weighted by atomic mass is 32.2. The Morgan fingerprint density at radius 3 is 2.26 bits per heavy atom. The van der Waals surface area contributed by atoms with Crippen LogP contribution in [0.4, 0.5) is 0 Å². The lowest BCUT2D eigenvalue weighted by Crippen LogP contribution is -2.49. The van der Waals surface area contributed by atoms with Crippen LogP contribution in [0.15, 0.2) is 0 Å². The zero-order valence-corrected chi connectivity index (χ0v) is 12.2. The Morgan fingerprint density at radius 2 is 1.89 bits per heavy atom. The van der Waals surface area contributed by atoms with Gasteiger partial charge in [0, 0.05) is 13.1 Å². The fourth-order valence-electron chi connectivity index (χ4n) is 1.80. The molecule has 7 nitrogen and oxygen atoms in total. The first kappa shape index (κ1) is 15.9. The monoisotopic (exact) mass is 292 g/mol. The summed E-state index contributed by atoms with van der Waals surface area (Å²) in [5, 5.41) is 8.99. The smallest absolute Gasteiger partial charge is 0.326 e. The van der Waals surface area contributed by atoms with Crippen molar-refractivity contribution in [3.05, 3.63) is 0 Å². The van der Waals surface area contributed by atoms with E-state index in [1.165, 1.54) is 25.8 Å². The number of carbonyl (C=O) groups is 2. The molecule has 0 aromatic rings.